The number of halogens is 1. The van der Waals surface area contributed by atoms with Crippen molar-refractivity contribution in [1.82, 2.24) is 0 Å². The van der Waals surface area contributed by atoms with Gasteiger partial charge >= 0.3 is 0 Å². The maximum Gasteiger partial charge on any atom is 0.0695 e. The molecule has 1 aliphatic carbocycles. The van der Waals surface area contributed by atoms with E-state index in [1.165, 1.54) is 11.3 Å². The fourth-order valence-corrected chi connectivity index (χ4v) is 3.12. The van der Waals surface area contributed by atoms with E-state index in [1.807, 2.05) is 0 Å². The molecule has 3 heteroatoms. The van der Waals surface area contributed by atoms with Gasteiger partial charge in [0, 0.05) is 21.2 Å². The lowest BCUT2D eigenvalue weighted by Gasteiger charge is -2.36. The van der Waals surface area contributed by atoms with E-state index in [2.05, 4.69) is 27.4 Å². The smallest absolute Gasteiger partial charge is 0.0695 e. The number of thiophene rings is 1. The standard InChI is InChI=1S/C9H11BrOS/c10-7-4-8(12-6-7)5-9(11)2-1-3-9/h4,6,11H,1-3,5H2. The van der Waals surface area contributed by atoms with Gasteiger partial charge < -0.3 is 5.11 Å². The minimum absolute atomic E-state index is 0.371. The van der Waals surface area contributed by atoms with E-state index < -0.39 is 0 Å². The molecule has 1 aromatic heterocycles. The molecule has 1 saturated carbocycles. The van der Waals surface area contributed by atoms with Crippen molar-refractivity contribution in [3.05, 3.63) is 20.8 Å². The monoisotopic (exact) mass is 246 g/mol. The maximum atomic E-state index is 9.86. The van der Waals surface area contributed by atoms with Gasteiger partial charge in [-0.15, -0.1) is 11.3 Å². The molecule has 1 nitrogen and oxygen atoms in total. The molecule has 1 fully saturated rings. The van der Waals surface area contributed by atoms with Gasteiger partial charge in [-0.2, -0.15) is 0 Å². The van der Waals surface area contributed by atoms with Gasteiger partial charge in [-0.3, -0.25) is 0 Å². The summed E-state index contributed by atoms with van der Waals surface area (Å²) in [6.07, 6.45) is 3.97. The highest BCUT2D eigenvalue weighted by Gasteiger charge is 2.34. The van der Waals surface area contributed by atoms with Crippen LogP contribution in [-0.4, -0.2) is 10.7 Å². The summed E-state index contributed by atoms with van der Waals surface area (Å²) in [7, 11) is 0. The van der Waals surface area contributed by atoms with E-state index in [0.717, 1.165) is 23.7 Å². The zero-order valence-corrected chi connectivity index (χ0v) is 9.12. The fourth-order valence-electron chi connectivity index (χ4n) is 1.53. The first-order valence-corrected chi connectivity index (χ1v) is 5.81. The molecule has 0 saturated heterocycles. The van der Waals surface area contributed by atoms with E-state index in [9.17, 15) is 5.11 Å². The van der Waals surface area contributed by atoms with Crippen LogP contribution in [0.5, 0.6) is 0 Å². The highest BCUT2D eigenvalue weighted by atomic mass is 79.9. The summed E-state index contributed by atoms with van der Waals surface area (Å²) in [5.74, 6) is 0. The Labute approximate surface area is 84.6 Å². The summed E-state index contributed by atoms with van der Waals surface area (Å²) in [6, 6.07) is 2.10. The molecule has 0 radical (unpaired) electrons. The minimum atomic E-state index is -0.371. The van der Waals surface area contributed by atoms with Crippen molar-refractivity contribution in [3.63, 3.8) is 0 Å². The first-order valence-electron chi connectivity index (χ1n) is 4.13. The van der Waals surface area contributed by atoms with Gasteiger partial charge in [0.2, 0.25) is 0 Å². The Morgan fingerprint density at radius 1 is 1.58 bits per heavy atom. The topological polar surface area (TPSA) is 20.2 Å². The molecular weight excluding hydrogens is 236 g/mol. The number of aliphatic hydroxyl groups is 1. The van der Waals surface area contributed by atoms with E-state index >= 15 is 0 Å². The predicted octanol–water partition coefficient (Wildman–Crippen LogP) is 2.97. The third kappa shape index (κ3) is 1.73. The van der Waals surface area contributed by atoms with Crippen molar-refractivity contribution in [3.8, 4) is 0 Å². The van der Waals surface area contributed by atoms with Gasteiger partial charge in [0.1, 0.15) is 0 Å². The third-order valence-corrected chi connectivity index (χ3v) is 4.11. The van der Waals surface area contributed by atoms with Crippen LogP contribution in [0.15, 0.2) is 15.9 Å². The third-order valence-electron chi connectivity index (χ3n) is 2.41. The van der Waals surface area contributed by atoms with Crippen LogP contribution in [0.4, 0.5) is 0 Å². The van der Waals surface area contributed by atoms with Crippen LogP contribution in [0.1, 0.15) is 24.1 Å². The second kappa shape index (κ2) is 3.13. The lowest BCUT2D eigenvalue weighted by molar-refractivity contribution is -0.0316. The van der Waals surface area contributed by atoms with E-state index in [-0.39, 0.29) is 5.60 Å². The van der Waals surface area contributed by atoms with E-state index in [1.54, 1.807) is 11.3 Å². The normalized spacial score (nSPS) is 20.5. The van der Waals surface area contributed by atoms with Gasteiger partial charge in [0.15, 0.2) is 0 Å². The Kier molecular flexibility index (Phi) is 2.27. The molecule has 2 rings (SSSR count). The van der Waals surface area contributed by atoms with E-state index in [0.29, 0.717) is 0 Å². The van der Waals surface area contributed by atoms with Crippen LogP contribution in [0.3, 0.4) is 0 Å². The molecule has 1 aliphatic rings. The SMILES string of the molecule is OC1(Cc2cc(Br)cs2)CCC1. The highest BCUT2D eigenvalue weighted by Crippen LogP contribution is 2.36. The van der Waals surface area contributed by atoms with E-state index in [4.69, 9.17) is 0 Å². The van der Waals surface area contributed by atoms with Gasteiger partial charge in [-0.1, -0.05) is 0 Å². The fraction of sp³-hybridized carbons (Fsp3) is 0.556. The van der Waals surface area contributed by atoms with Crippen molar-refractivity contribution in [2.75, 3.05) is 0 Å². The predicted molar refractivity (Wildman–Crippen MR) is 54.5 cm³/mol. The summed E-state index contributed by atoms with van der Waals surface area (Å²) in [4.78, 5) is 1.28. The van der Waals surface area contributed by atoms with Crippen LogP contribution < -0.4 is 0 Å². The van der Waals surface area contributed by atoms with Crippen molar-refractivity contribution < 1.29 is 5.11 Å². The summed E-state index contributed by atoms with van der Waals surface area (Å²) in [6.45, 7) is 0. The molecule has 0 unspecified atom stereocenters. The summed E-state index contributed by atoms with van der Waals surface area (Å²) in [5.41, 5.74) is -0.371. The average molecular weight is 247 g/mol. The largest absolute Gasteiger partial charge is 0.390 e. The van der Waals surface area contributed by atoms with Crippen molar-refractivity contribution in [2.24, 2.45) is 0 Å². The molecule has 0 amide bonds. The Bertz CT molecular complexity index is 278. The summed E-state index contributed by atoms with van der Waals surface area (Å²) < 4.78 is 1.13. The first-order chi connectivity index (χ1) is 5.68. The Hall–Kier alpha value is 0.140. The van der Waals surface area contributed by atoms with Crippen molar-refractivity contribution in [1.29, 1.82) is 0 Å². The number of hydrogen-bond acceptors (Lipinski definition) is 2. The van der Waals surface area contributed by atoms with Crippen LogP contribution in [0, 0.1) is 0 Å². The van der Waals surface area contributed by atoms with Crippen molar-refractivity contribution >= 4 is 27.3 Å². The second-order valence-corrected chi connectivity index (χ2v) is 5.40. The Balaban J connectivity index is 2.03. The minimum Gasteiger partial charge on any atom is -0.390 e. The van der Waals surface area contributed by atoms with Crippen LogP contribution in [-0.2, 0) is 6.42 Å². The lowest BCUT2D eigenvalue weighted by atomic mass is 9.77. The van der Waals surface area contributed by atoms with Gasteiger partial charge in [0.05, 0.1) is 5.60 Å². The van der Waals surface area contributed by atoms with Gasteiger partial charge in [0.25, 0.3) is 0 Å². The van der Waals surface area contributed by atoms with Crippen LogP contribution in [0.25, 0.3) is 0 Å². The Morgan fingerprint density at radius 2 is 2.33 bits per heavy atom. The molecular formula is C9H11BrOS. The average Bonchev–Trinajstić information content (AvgIpc) is 2.32. The molecule has 1 heterocycles. The molecule has 1 N–H and O–H groups in total. The zero-order chi connectivity index (χ0) is 8.60. The molecule has 0 atom stereocenters. The second-order valence-electron chi connectivity index (χ2n) is 3.49. The van der Waals surface area contributed by atoms with Gasteiger partial charge in [-0.05, 0) is 41.3 Å². The maximum absolute atomic E-state index is 9.86. The van der Waals surface area contributed by atoms with Crippen LogP contribution in [0.2, 0.25) is 0 Å². The number of hydrogen-bond donors (Lipinski definition) is 1. The number of rotatable bonds is 2. The van der Waals surface area contributed by atoms with Crippen LogP contribution >= 0.6 is 27.3 Å². The molecule has 0 spiro atoms. The molecule has 0 bridgehead atoms. The molecule has 0 aromatic carbocycles. The molecule has 66 valence electrons. The zero-order valence-electron chi connectivity index (χ0n) is 6.72. The highest BCUT2D eigenvalue weighted by molar-refractivity contribution is 9.10. The summed E-state index contributed by atoms with van der Waals surface area (Å²) >= 11 is 5.13. The first kappa shape index (κ1) is 8.73. The van der Waals surface area contributed by atoms with Gasteiger partial charge in [-0.25, -0.2) is 0 Å². The Morgan fingerprint density at radius 3 is 2.75 bits per heavy atom. The molecule has 0 aliphatic heterocycles. The summed E-state index contributed by atoms with van der Waals surface area (Å²) in [5, 5.41) is 11.9. The van der Waals surface area contributed by atoms with Crippen molar-refractivity contribution in [2.45, 2.75) is 31.3 Å². The molecule has 1 aromatic rings. The lowest BCUT2D eigenvalue weighted by Crippen LogP contribution is -2.38. The quantitative estimate of drug-likeness (QED) is 0.851. The molecule has 12 heavy (non-hydrogen) atoms.